The first-order valence-corrected chi connectivity index (χ1v) is 6.00. The number of nitrogens with zero attached hydrogens (tertiary/aromatic N) is 1. The molecule has 2 N–H and O–H groups in total. The van der Waals surface area contributed by atoms with Gasteiger partial charge >= 0.3 is 0 Å². The van der Waals surface area contributed by atoms with Crippen molar-refractivity contribution in [2.24, 2.45) is 5.92 Å². The van der Waals surface area contributed by atoms with Crippen LogP contribution in [-0.2, 0) is 4.79 Å². The normalized spacial score (nSPS) is 12.5. The lowest BCUT2D eigenvalue weighted by Crippen LogP contribution is -2.36. The third-order valence-corrected chi connectivity index (χ3v) is 2.41. The number of amides is 1. The van der Waals surface area contributed by atoms with Crippen LogP contribution in [0.1, 0.15) is 32.5 Å². The topological polar surface area (TPSA) is 54.0 Å². The largest absolute Gasteiger partial charge is 0.355 e. The number of rotatable bonds is 6. The van der Waals surface area contributed by atoms with Crippen molar-refractivity contribution in [1.82, 2.24) is 15.6 Å². The van der Waals surface area contributed by atoms with E-state index in [1.54, 1.807) is 6.20 Å². The number of pyridine rings is 1. The highest BCUT2D eigenvalue weighted by atomic mass is 16.1. The van der Waals surface area contributed by atoms with Crippen molar-refractivity contribution in [3.05, 3.63) is 30.1 Å². The Morgan fingerprint density at radius 3 is 2.71 bits per heavy atom. The number of hydrogen-bond acceptors (Lipinski definition) is 3. The van der Waals surface area contributed by atoms with Gasteiger partial charge in [0.05, 0.1) is 12.2 Å². The van der Waals surface area contributed by atoms with Crippen LogP contribution >= 0.6 is 0 Å². The number of carbonyl (C=O) groups excluding carboxylic acids is 1. The van der Waals surface area contributed by atoms with Gasteiger partial charge in [0.2, 0.25) is 5.91 Å². The maximum atomic E-state index is 11.5. The summed E-state index contributed by atoms with van der Waals surface area (Å²) >= 11 is 0. The summed E-state index contributed by atoms with van der Waals surface area (Å²) in [5.41, 5.74) is 0.948. The van der Waals surface area contributed by atoms with Crippen LogP contribution in [0.3, 0.4) is 0 Å². The molecule has 0 unspecified atom stereocenters. The molecule has 4 nitrogen and oxygen atoms in total. The SMILES string of the molecule is CC(C)CNC(=O)CN[C@@H](C)c1ccccn1. The molecule has 1 rings (SSSR count). The summed E-state index contributed by atoms with van der Waals surface area (Å²) in [6.07, 6.45) is 1.76. The van der Waals surface area contributed by atoms with Crippen molar-refractivity contribution >= 4 is 5.91 Å². The predicted molar refractivity (Wildman–Crippen MR) is 68.5 cm³/mol. The van der Waals surface area contributed by atoms with Gasteiger partial charge in [-0.25, -0.2) is 0 Å². The van der Waals surface area contributed by atoms with Gasteiger partial charge < -0.3 is 10.6 Å². The molecule has 17 heavy (non-hydrogen) atoms. The Balaban J connectivity index is 2.29. The van der Waals surface area contributed by atoms with E-state index < -0.39 is 0 Å². The summed E-state index contributed by atoms with van der Waals surface area (Å²) in [6.45, 7) is 7.19. The van der Waals surface area contributed by atoms with Crippen LogP contribution in [0, 0.1) is 5.92 Å². The molecule has 0 spiro atoms. The summed E-state index contributed by atoms with van der Waals surface area (Å²) < 4.78 is 0. The van der Waals surface area contributed by atoms with E-state index in [0.29, 0.717) is 12.5 Å². The van der Waals surface area contributed by atoms with Gasteiger partial charge in [-0.1, -0.05) is 19.9 Å². The minimum Gasteiger partial charge on any atom is -0.355 e. The average molecular weight is 235 g/mol. The Morgan fingerprint density at radius 2 is 2.12 bits per heavy atom. The first-order chi connectivity index (χ1) is 8.09. The highest BCUT2D eigenvalue weighted by molar-refractivity contribution is 5.78. The van der Waals surface area contributed by atoms with Crippen LogP contribution in [0.25, 0.3) is 0 Å². The summed E-state index contributed by atoms with van der Waals surface area (Å²) in [6, 6.07) is 5.86. The van der Waals surface area contributed by atoms with Gasteiger partial charge in [0.15, 0.2) is 0 Å². The summed E-state index contributed by atoms with van der Waals surface area (Å²) in [5.74, 6) is 0.508. The van der Waals surface area contributed by atoms with Crippen molar-refractivity contribution in [3.8, 4) is 0 Å². The third-order valence-electron chi connectivity index (χ3n) is 2.41. The molecular formula is C13H21N3O. The first-order valence-electron chi connectivity index (χ1n) is 6.00. The number of carbonyl (C=O) groups is 1. The molecule has 1 heterocycles. The highest BCUT2D eigenvalue weighted by Gasteiger charge is 2.08. The van der Waals surface area contributed by atoms with Gasteiger partial charge in [-0.15, -0.1) is 0 Å². The maximum absolute atomic E-state index is 11.5. The van der Waals surface area contributed by atoms with E-state index in [4.69, 9.17) is 0 Å². The molecule has 1 atom stereocenters. The molecule has 0 aliphatic carbocycles. The van der Waals surface area contributed by atoms with E-state index in [0.717, 1.165) is 12.2 Å². The predicted octanol–water partition coefficient (Wildman–Crippen LogP) is 1.50. The summed E-state index contributed by atoms with van der Waals surface area (Å²) in [5, 5.41) is 6.01. The molecule has 0 saturated heterocycles. The molecule has 1 aromatic rings. The molecule has 0 radical (unpaired) electrons. The number of hydrogen-bond donors (Lipinski definition) is 2. The molecule has 1 amide bonds. The first kappa shape index (κ1) is 13.6. The van der Waals surface area contributed by atoms with Gasteiger partial charge in [0.1, 0.15) is 0 Å². The van der Waals surface area contributed by atoms with E-state index in [-0.39, 0.29) is 11.9 Å². The summed E-state index contributed by atoms with van der Waals surface area (Å²) in [4.78, 5) is 15.7. The zero-order valence-electron chi connectivity index (χ0n) is 10.7. The van der Waals surface area contributed by atoms with Gasteiger partial charge in [0.25, 0.3) is 0 Å². The molecule has 0 saturated carbocycles. The van der Waals surface area contributed by atoms with E-state index >= 15 is 0 Å². The van der Waals surface area contributed by atoms with Crippen LogP contribution in [0.4, 0.5) is 0 Å². The Labute approximate surface area is 103 Å². The molecule has 94 valence electrons. The van der Waals surface area contributed by atoms with Crippen molar-refractivity contribution < 1.29 is 4.79 Å². The Morgan fingerprint density at radius 1 is 1.35 bits per heavy atom. The standard InChI is InChI=1S/C13H21N3O/c1-10(2)8-16-13(17)9-15-11(3)12-6-4-5-7-14-12/h4-7,10-11,15H,8-9H2,1-3H3,(H,16,17)/t11-/m0/s1. The fourth-order valence-electron chi connectivity index (χ4n) is 1.36. The number of aromatic nitrogens is 1. The second-order valence-electron chi connectivity index (χ2n) is 4.56. The average Bonchev–Trinajstić information content (AvgIpc) is 2.34. The smallest absolute Gasteiger partial charge is 0.233 e. The number of nitrogens with one attached hydrogen (secondary N) is 2. The molecule has 0 aliphatic heterocycles. The van der Waals surface area contributed by atoms with E-state index in [9.17, 15) is 4.79 Å². The second kappa shape index (κ2) is 7.01. The van der Waals surface area contributed by atoms with Crippen molar-refractivity contribution in [3.63, 3.8) is 0 Å². The van der Waals surface area contributed by atoms with Crippen molar-refractivity contribution in [2.75, 3.05) is 13.1 Å². The fourth-order valence-corrected chi connectivity index (χ4v) is 1.36. The molecule has 0 bridgehead atoms. The quantitative estimate of drug-likeness (QED) is 0.785. The molecular weight excluding hydrogens is 214 g/mol. The van der Waals surface area contributed by atoms with Crippen LogP contribution in [0.5, 0.6) is 0 Å². The lowest BCUT2D eigenvalue weighted by Gasteiger charge is -2.13. The Bertz CT molecular complexity index is 338. The highest BCUT2D eigenvalue weighted by Crippen LogP contribution is 2.06. The van der Waals surface area contributed by atoms with Crippen molar-refractivity contribution in [1.29, 1.82) is 0 Å². The summed E-state index contributed by atoms with van der Waals surface area (Å²) in [7, 11) is 0. The van der Waals surface area contributed by atoms with Crippen molar-refractivity contribution in [2.45, 2.75) is 26.8 Å². The molecule has 0 aromatic carbocycles. The van der Waals surface area contributed by atoms with Crippen LogP contribution in [-0.4, -0.2) is 24.0 Å². The fraction of sp³-hybridized carbons (Fsp3) is 0.538. The van der Waals surface area contributed by atoms with E-state index in [1.807, 2.05) is 25.1 Å². The van der Waals surface area contributed by atoms with Gasteiger partial charge in [-0.2, -0.15) is 0 Å². The van der Waals surface area contributed by atoms with Crippen LogP contribution in [0.2, 0.25) is 0 Å². The zero-order valence-corrected chi connectivity index (χ0v) is 10.7. The second-order valence-corrected chi connectivity index (χ2v) is 4.56. The molecule has 0 fully saturated rings. The molecule has 4 heteroatoms. The van der Waals surface area contributed by atoms with Gasteiger partial charge in [-0.3, -0.25) is 9.78 Å². The van der Waals surface area contributed by atoms with Gasteiger partial charge in [-0.05, 0) is 25.0 Å². The minimum absolute atomic E-state index is 0.0291. The zero-order chi connectivity index (χ0) is 12.7. The lowest BCUT2D eigenvalue weighted by atomic mass is 10.2. The molecule has 0 aliphatic rings. The van der Waals surface area contributed by atoms with E-state index in [2.05, 4.69) is 29.5 Å². The van der Waals surface area contributed by atoms with Crippen LogP contribution < -0.4 is 10.6 Å². The van der Waals surface area contributed by atoms with Crippen LogP contribution in [0.15, 0.2) is 24.4 Å². The Hall–Kier alpha value is -1.42. The lowest BCUT2D eigenvalue weighted by molar-refractivity contribution is -0.120. The van der Waals surface area contributed by atoms with Gasteiger partial charge in [0, 0.05) is 18.8 Å². The minimum atomic E-state index is 0.0291. The maximum Gasteiger partial charge on any atom is 0.233 e. The monoisotopic (exact) mass is 235 g/mol. The third kappa shape index (κ3) is 5.45. The molecule has 1 aromatic heterocycles. The Kier molecular flexibility index (Phi) is 5.63. The van der Waals surface area contributed by atoms with E-state index in [1.165, 1.54) is 0 Å².